The van der Waals surface area contributed by atoms with Crippen molar-refractivity contribution in [3.63, 3.8) is 0 Å². The molecule has 0 N–H and O–H groups in total. The average molecular weight is 739 g/mol. The Bertz CT molecular complexity index is 3770. The van der Waals surface area contributed by atoms with Crippen LogP contribution in [0.5, 0.6) is 0 Å². The van der Waals surface area contributed by atoms with Crippen LogP contribution in [0.1, 0.15) is 0 Å². The maximum atomic E-state index is 2.48. The Kier molecular flexibility index (Phi) is 6.41. The summed E-state index contributed by atoms with van der Waals surface area (Å²) in [6.07, 6.45) is 0. The number of aromatic nitrogens is 4. The molecule has 58 heavy (non-hydrogen) atoms. The molecule has 0 spiro atoms. The Hall–Kier alpha value is -7.82. The van der Waals surface area contributed by atoms with Crippen LogP contribution in [-0.4, -0.2) is 18.3 Å². The smallest absolute Gasteiger partial charge is 0.0641 e. The van der Waals surface area contributed by atoms with Crippen molar-refractivity contribution >= 4 is 87.2 Å². The molecule has 0 unspecified atom stereocenters. The Labute approximate surface area is 333 Å². The zero-order valence-corrected chi connectivity index (χ0v) is 31.4. The first kappa shape index (κ1) is 31.4. The first-order chi connectivity index (χ1) is 28.8. The molecular formula is C54H34N4. The normalized spacial score (nSPS) is 12.1. The monoisotopic (exact) mass is 738 g/mol. The summed E-state index contributed by atoms with van der Waals surface area (Å²) >= 11 is 0. The van der Waals surface area contributed by atoms with Crippen molar-refractivity contribution in [1.29, 1.82) is 0 Å². The highest BCUT2D eigenvalue weighted by Gasteiger charge is 2.22. The first-order valence-corrected chi connectivity index (χ1v) is 20.0. The lowest BCUT2D eigenvalue weighted by molar-refractivity contribution is 1.15. The summed E-state index contributed by atoms with van der Waals surface area (Å²) in [5, 5.41) is 10.00. The van der Waals surface area contributed by atoms with Gasteiger partial charge in [-0.25, -0.2) is 0 Å². The van der Waals surface area contributed by atoms with Crippen LogP contribution in [0.4, 0.5) is 0 Å². The van der Waals surface area contributed by atoms with Gasteiger partial charge in [0.2, 0.25) is 0 Å². The van der Waals surface area contributed by atoms with Crippen LogP contribution in [0.15, 0.2) is 206 Å². The van der Waals surface area contributed by atoms with Gasteiger partial charge in [0.15, 0.2) is 0 Å². The highest BCUT2D eigenvalue weighted by Crippen LogP contribution is 2.43. The van der Waals surface area contributed by atoms with E-state index >= 15 is 0 Å². The van der Waals surface area contributed by atoms with Gasteiger partial charge in [0, 0.05) is 65.8 Å². The van der Waals surface area contributed by atoms with Crippen molar-refractivity contribution in [1.82, 2.24) is 18.3 Å². The maximum absolute atomic E-state index is 2.48. The van der Waals surface area contributed by atoms with Crippen molar-refractivity contribution in [3.05, 3.63) is 206 Å². The summed E-state index contributed by atoms with van der Waals surface area (Å²) < 4.78 is 9.74. The fourth-order valence-corrected chi connectivity index (χ4v) is 9.95. The van der Waals surface area contributed by atoms with Crippen LogP contribution in [0.2, 0.25) is 0 Å². The van der Waals surface area contributed by atoms with Gasteiger partial charge in [0.25, 0.3) is 0 Å². The Morgan fingerprint density at radius 1 is 0.207 bits per heavy atom. The molecule has 0 saturated carbocycles. The number of hydrogen-bond donors (Lipinski definition) is 0. The maximum Gasteiger partial charge on any atom is 0.0641 e. The molecule has 13 aromatic rings. The van der Waals surface area contributed by atoms with Gasteiger partial charge in [-0.1, -0.05) is 115 Å². The summed E-state index contributed by atoms with van der Waals surface area (Å²) in [6.45, 7) is 0. The minimum atomic E-state index is 1.13. The third-order valence-electron chi connectivity index (χ3n) is 12.3. The third kappa shape index (κ3) is 4.23. The van der Waals surface area contributed by atoms with Gasteiger partial charge in [-0.3, -0.25) is 0 Å². The van der Waals surface area contributed by atoms with Gasteiger partial charge >= 0.3 is 0 Å². The van der Waals surface area contributed by atoms with Crippen molar-refractivity contribution in [2.45, 2.75) is 0 Å². The number of rotatable bonds is 4. The van der Waals surface area contributed by atoms with E-state index in [1.54, 1.807) is 0 Å². The van der Waals surface area contributed by atoms with Crippen molar-refractivity contribution in [2.24, 2.45) is 0 Å². The Morgan fingerprint density at radius 3 is 1.09 bits per heavy atom. The lowest BCUT2D eigenvalue weighted by atomic mass is 10.1. The van der Waals surface area contributed by atoms with E-state index in [1.807, 2.05) is 0 Å². The molecule has 0 radical (unpaired) electrons. The van der Waals surface area contributed by atoms with Gasteiger partial charge in [-0.15, -0.1) is 0 Å². The molecule has 0 saturated heterocycles. The van der Waals surface area contributed by atoms with Crippen molar-refractivity contribution in [2.75, 3.05) is 0 Å². The molecule has 0 amide bonds. The zero-order valence-electron chi connectivity index (χ0n) is 31.4. The van der Waals surface area contributed by atoms with E-state index in [-0.39, 0.29) is 0 Å². The van der Waals surface area contributed by atoms with E-state index in [4.69, 9.17) is 0 Å². The molecule has 270 valence electrons. The second kappa shape index (κ2) is 11.8. The van der Waals surface area contributed by atoms with Crippen LogP contribution in [-0.2, 0) is 0 Å². The number of hydrogen-bond acceptors (Lipinski definition) is 0. The average Bonchev–Trinajstić information content (AvgIpc) is 4.01. The van der Waals surface area contributed by atoms with Crippen LogP contribution in [0.3, 0.4) is 0 Å². The number of para-hydroxylation sites is 6. The summed E-state index contributed by atoms with van der Waals surface area (Å²) in [4.78, 5) is 0. The summed E-state index contributed by atoms with van der Waals surface area (Å²) in [7, 11) is 0. The topological polar surface area (TPSA) is 19.7 Å². The fraction of sp³-hybridized carbons (Fsp3) is 0. The molecule has 4 aromatic heterocycles. The van der Waals surface area contributed by atoms with Gasteiger partial charge in [0.1, 0.15) is 0 Å². The van der Waals surface area contributed by atoms with Crippen LogP contribution in [0, 0.1) is 0 Å². The second-order valence-electron chi connectivity index (χ2n) is 15.3. The summed E-state index contributed by atoms with van der Waals surface area (Å²) in [5.41, 5.74) is 14.2. The highest BCUT2D eigenvalue weighted by molar-refractivity contribution is 6.26. The van der Waals surface area contributed by atoms with Gasteiger partial charge in [-0.2, -0.15) is 0 Å². The van der Waals surface area contributed by atoms with E-state index < -0.39 is 0 Å². The Morgan fingerprint density at radius 2 is 0.569 bits per heavy atom. The van der Waals surface area contributed by atoms with E-state index in [0.717, 1.165) is 17.1 Å². The molecule has 0 atom stereocenters. The quantitative estimate of drug-likeness (QED) is 0.171. The number of fused-ring (bicyclic) bond motifs is 13. The number of nitrogens with zero attached hydrogens (tertiary/aromatic N) is 4. The minimum Gasteiger partial charge on any atom is -0.309 e. The largest absolute Gasteiger partial charge is 0.309 e. The lowest BCUT2D eigenvalue weighted by Gasteiger charge is -2.13. The summed E-state index contributed by atoms with van der Waals surface area (Å²) in [6, 6.07) is 75.4. The molecule has 4 heterocycles. The molecule has 0 aliphatic carbocycles. The van der Waals surface area contributed by atoms with E-state index in [2.05, 4.69) is 225 Å². The van der Waals surface area contributed by atoms with Crippen LogP contribution >= 0.6 is 0 Å². The lowest BCUT2D eigenvalue weighted by Crippen LogP contribution is -1.98. The van der Waals surface area contributed by atoms with Crippen LogP contribution < -0.4 is 0 Å². The highest BCUT2D eigenvalue weighted by atomic mass is 15.0. The minimum absolute atomic E-state index is 1.13. The molecule has 0 aliphatic heterocycles. The van der Waals surface area contributed by atoms with Gasteiger partial charge < -0.3 is 18.3 Å². The van der Waals surface area contributed by atoms with Gasteiger partial charge in [-0.05, 0) is 91.0 Å². The molecule has 0 fully saturated rings. The molecule has 9 aromatic carbocycles. The SMILES string of the molecule is c1ccc(-n2c3ccccc3c3cc4c(cc32)c2ccccc2n4-c2ccc(-n3c4ccccc4c4ccc5c(c6ccccc6n5-c5ccccc5)c43)cc2)cc1. The zero-order chi connectivity index (χ0) is 37.9. The van der Waals surface area contributed by atoms with E-state index in [9.17, 15) is 0 Å². The standard InChI is InChI=1S/C54H34N4/c1-3-15-35(16-4-1)55-49-26-14-10-22-43(49)53-50(55)32-31-42-39-19-7-13-25-48(39)58(54(42)53)38-29-27-37(28-30-38)57-47-24-12-9-21-41(47)45-33-51-44(34-52(45)57)40-20-8-11-23-46(40)56(51)36-17-5-2-6-18-36/h1-34H. The second-order valence-corrected chi connectivity index (χ2v) is 15.3. The Balaban J connectivity index is 1.06. The molecular weight excluding hydrogens is 705 g/mol. The molecule has 13 rings (SSSR count). The number of benzene rings is 9. The molecule has 4 heteroatoms. The molecule has 0 bridgehead atoms. The van der Waals surface area contributed by atoms with E-state index in [0.29, 0.717) is 0 Å². The predicted molar refractivity (Wildman–Crippen MR) is 244 cm³/mol. The van der Waals surface area contributed by atoms with E-state index in [1.165, 1.54) is 92.9 Å². The van der Waals surface area contributed by atoms with Gasteiger partial charge in [0.05, 0.1) is 44.1 Å². The predicted octanol–water partition coefficient (Wildman–Crippen LogP) is 14.1. The first-order valence-electron chi connectivity index (χ1n) is 20.0. The van der Waals surface area contributed by atoms with Crippen LogP contribution in [0.25, 0.3) is 110 Å². The fourth-order valence-electron chi connectivity index (χ4n) is 9.95. The third-order valence-corrected chi connectivity index (χ3v) is 12.3. The molecule has 4 nitrogen and oxygen atoms in total. The van der Waals surface area contributed by atoms with Crippen molar-refractivity contribution < 1.29 is 0 Å². The summed E-state index contributed by atoms with van der Waals surface area (Å²) in [5.74, 6) is 0. The molecule has 0 aliphatic rings. The van der Waals surface area contributed by atoms with Crippen molar-refractivity contribution in [3.8, 4) is 22.7 Å².